The highest BCUT2D eigenvalue weighted by Gasteiger charge is 2.29. The van der Waals surface area contributed by atoms with Gasteiger partial charge in [0.2, 0.25) is 10.0 Å². The number of rotatable bonds is 3. The van der Waals surface area contributed by atoms with Crippen molar-refractivity contribution in [3.05, 3.63) is 51.5 Å². The average molecular weight is 327 g/mol. The molecular formula is C14H14FNO3S2. The van der Waals surface area contributed by atoms with Gasteiger partial charge in [-0.2, -0.15) is 4.31 Å². The van der Waals surface area contributed by atoms with E-state index in [-0.39, 0.29) is 10.5 Å². The Morgan fingerprint density at radius 1 is 1.33 bits per heavy atom. The Balaban J connectivity index is 1.94. The van der Waals surface area contributed by atoms with Crippen LogP contribution in [0.1, 0.15) is 16.0 Å². The minimum atomic E-state index is -3.67. The molecule has 0 atom stereocenters. The standard InChI is InChI=1S/C14H14FNO3S2/c15-13-2-1-12(7-11(13)9-17)21(18,19)16-5-3-14-10(8-16)4-6-20-14/h1-2,4,6-7,17H,3,5,8-9H2. The molecule has 0 fully saturated rings. The minimum Gasteiger partial charge on any atom is -0.392 e. The van der Waals surface area contributed by atoms with Gasteiger partial charge < -0.3 is 5.11 Å². The Labute approximate surface area is 126 Å². The number of hydrogen-bond donors (Lipinski definition) is 1. The Hall–Kier alpha value is -1.28. The van der Waals surface area contributed by atoms with Gasteiger partial charge in [-0.15, -0.1) is 11.3 Å². The summed E-state index contributed by atoms with van der Waals surface area (Å²) < 4.78 is 40.0. The summed E-state index contributed by atoms with van der Waals surface area (Å²) in [6.45, 7) is 0.235. The van der Waals surface area contributed by atoms with Gasteiger partial charge in [-0.25, -0.2) is 12.8 Å². The maximum atomic E-state index is 13.4. The van der Waals surface area contributed by atoms with E-state index in [1.807, 2.05) is 11.4 Å². The fourth-order valence-corrected chi connectivity index (χ4v) is 4.77. The van der Waals surface area contributed by atoms with Gasteiger partial charge in [-0.05, 0) is 41.6 Å². The van der Waals surface area contributed by atoms with Crippen molar-refractivity contribution in [2.45, 2.75) is 24.5 Å². The van der Waals surface area contributed by atoms with Crippen molar-refractivity contribution < 1.29 is 17.9 Å². The van der Waals surface area contributed by atoms with Crippen LogP contribution in [0.25, 0.3) is 0 Å². The van der Waals surface area contributed by atoms with E-state index in [1.165, 1.54) is 21.3 Å². The third-order valence-electron chi connectivity index (χ3n) is 3.60. The predicted octanol–water partition coefficient (Wildman–Crippen LogP) is 2.13. The highest BCUT2D eigenvalue weighted by atomic mass is 32.2. The molecule has 112 valence electrons. The highest BCUT2D eigenvalue weighted by Crippen LogP contribution is 2.28. The van der Waals surface area contributed by atoms with E-state index in [0.717, 1.165) is 11.6 Å². The molecule has 0 saturated carbocycles. The summed E-state index contributed by atoms with van der Waals surface area (Å²) in [5, 5.41) is 11.0. The third-order valence-corrected chi connectivity index (χ3v) is 6.46. The zero-order valence-electron chi connectivity index (χ0n) is 11.1. The molecule has 2 heterocycles. The lowest BCUT2D eigenvalue weighted by Crippen LogP contribution is -2.35. The van der Waals surface area contributed by atoms with Crippen LogP contribution in [0.3, 0.4) is 0 Å². The quantitative estimate of drug-likeness (QED) is 0.939. The second kappa shape index (κ2) is 5.49. The maximum absolute atomic E-state index is 13.4. The molecule has 0 aliphatic carbocycles. The molecule has 0 spiro atoms. The summed E-state index contributed by atoms with van der Waals surface area (Å²) in [4.78, 5) is 1.24. The second-order valence-corrected chi connectivity index (χ2v) is 7.81. The predicted molar refractivity (Wildman–Crippen MR) is 77.9 cm³/mol. The first kappa shape index (κ1) is 14.6. The molecular weight excluding hydrogens is 313 g/mol. The van der Waals surface area contributed by atoms with E-state index in [4.69, 9.17) is 5.11 Å². The van der Waals surface area contributed by atoms with E-state index in [0.29, 0.717) is 19.5 Å². The number of aliphatic hydroxyl groups excluding tert-OH is 1. The van der Waals surface area contributed by atoms with Crippen molar-refractivity contribution >= 4 is 21.4 Å². The molecule has 7 heteroatoms. The number of halogens is 1. The van der Waals surface area contributed by atoms with Crippen molar-refractivity contribution in [1.82, 2.24) is 4.31 Å². The molecule has 0 bridgehead atoms. The number of benzene rings is 1. The summed E-state index contributed by atoms with van der Waals surface area (Å²) >= 11 is 1.64. The van der Waals surface area contributed by atoms with Gasteiger partial charge in [0.15, 0.2) is 0 Å². The lowest BCUT2D eigenvalue weighted by Gasteiger charge is -2.26. The second-order valence-electron chi connectivity index (χ2n) is 4.87. The Morgan fingerprint density at radius 2 is 2.14 bits per heavy atom. The molecule has 0 unspecified atom stereocenters. The van der Waals surface area contributed by atoms with Crippen molar-refractivity contribution in [2.24, 2.45) is 0 Å². The fraction of sp³-hybridized carbons (Fsp3) is 0.286. The first-order chi connectivity index (χ1) is 10.0. The van der Waals surface area contributed by atoms with Gasteiger partial charge in [0.1, 0.15) is 5.82 Å². The Kier molecular flexibility index (Phi) is 3.83. The van der Waals surface area contributed by atoms with Crippen molar-refractivity contribution in [3.8, 4) is 0 Å². The molecule has 0 amide bonds. The SMILES string of the molecule is O=S(=O)(c1ccc(F)c(CO)c1)N1CCc2sccc2C1. The van der Waals surface area contributed by atoms with Crippen LogP contribution < -0.4 is 0 Å². The van der Waals surface area contributed by atoms with Crippen LogP contribution in [0.5, 0.6) is 0 Å². The lowest BCUT2D eigenvalue weighted by atomic mass is 10.1. The molecule has 4 nitrogen and oxygen atoms in total. The monoisotopic (exact) mass is 327 g/mol. The molecule has 1 aromatic carbocycles. The van der Waals surface area contributed by atoms with Crippen LogP contribution in [0.4, 0.5) is 4.39 Å². The number of fused-ring (bicyclic) bond motifs is 1. The van der Waals surface area contributed by atoms with Crippen molar-refractivity contribution in [1.29, 1.82) is 0 Å². The van der Waals surface area contributed by atoms with Crippen molar-refractivity contribution in [2.75, 3.05) is 6.54 Å². The lowest BCUT2D eigenvalue weighted by molar-refractivity contribution is 0.275. The largest absolute Gasteiger partial charge is 0.392 e. The van der Waals surface area contributed by atoms with E-state index in [2.05, 4.69) is 0 Å². The van der Waals surface area contributed by atoms with Gasteiger partial charge in [0.05, 0.1) is 11.5 Å². The Bertz CT molecular complexity index is 770. The summed E-state index contributed by atoms with van der Waals surface area (Å²) in [5.74, 6) is -0.602. The van der Waals surface area contributed by atoms with Crippen LogP contribution >= 0.6 is 11.3 Å². The zero-order chi connectivity index (χ0) is 15.0. The molecule has 0 saturated heterocycles. The summed E-state index contributed by atoms with van der Waals surface area (Å²) in [6.07, 6.45) is 0.695. The van der Waals surface area contributed by atoms with Crippen LogP contribution in [0.2, 0.25) is 0 Å². The minimum absolute atomic E-state index is 0.00990. The van der Waals surface area contributed by atoms with E-state index in [9.17, 15) is 12.8 Å². The van der Waals surface area contributed by atoms with Crippen LogP contribution in [-0.2, 0) is 29.6 Å². The third kappa shape index (κ3) is 2.62. The average Bonchev–Trinajstić information content (AvgIpc) is 2.94. The Morgan fingerprint density at radius 3 is 2.90 bits per heavy atom. The van der Waals surface area contributed by atoms with E-state index >= 15 is 0 Å². The van der Waals surface area contributed by atoms with Crippen LogP contribution in [0, 0.1) is 5.82 Å². The van der Waals surface area contributed by atoms with Gasteiger partial charge >= 0.3 is 0 Å². The topological polar surface area (TPSA) is 57.6 Å². The molecule has 21 heavy (non-hydrogen) atoms. The molecule has 3 rings (SSSR count). The highest BCUT2D eigenvalue weighted by molar-refractivity contribution is 7.89. The number of sulfonamides is 1. The molecule has 1 aliphatic rings. The first-order valence-electron chi connectivity index (χ1n) is 6.47. The number of nitrogens with zero attached hydrogens (tertiary/aromatic N) is 1. The van der Waals surface area contributed by atoms with Gasteiger partial charge in [0, 0.05) is 23.5 Å². The van der Waals surface area contributed by atoms with Crippen LogP contribution in [0.15, 0.2) is 34.5 Å². The van der Waals surface area contributed by atoms with Crippen molar-refractivity contribution in [3.63, 3.8) is 0 Å². The summed E-state index contributed by atoms with van der Waals surface area (Å²) in [5.41, 5.74) is 1.02. The van der Waals surface area contributed by atoms with Gasteiger partial charge in [-0.3, -0.25) is 0 Å². The first-order valence-corrected chi connectivity index (χ1v) is 8.79. The van der Waals surface area contributed by atoms with Crippen LogP contribution in [-0.4, -0.2) is 24.4 Å². The summed E-state index contributed by atoms with van der Waals surface area (Å²) in [7, 11) is -3.67. The van der Waals surface area contributed by atoms with E-state index < -0.39 is 22.4 Å². The molecule has 1 aromatic heterocycles. The molecule has 0 radical (unpaired) electrons. The molecule has 1 aliphatic heterocycles. The van der Waals surface area contributed by atoms with Gasteiger partial charge in [0.25, 0.3) is 0 Å². The summed E-state index contributed by atoms with van der Waals surface area (Å²) in [6, 6.07) is 5.46. The smallest absolute Gasteiger partial charge is 0.243 e. The molecule has 2 aromatic rings. The maximum Gasteiger partial charge on any atom is 0.243 e. The fourth-order valence-electron chi connectivity index (χ4n) is 2.41. The zero-order valence-corrected chi connectivity index (χ0v) is 12.8. The number of aliphatic hydroxyl groups is 1. The normalized spacial score (nSPS) is 15.9. The molecule has 1 N–H and O–H groups in total. The van der Waals surface area contributed by atoms with Gasteiger partial charge in [-0.1, -0.05) is 0 Å². The number of thiophene rings is 1. The number of hydrogen-bond acceptors (Lipinski definition) is 4. The van der Waals surface area contributed by atoms with E-state index in [1.54, 1.807) is 11.3 Å².